The highest BCUT2D eigenvalue weighted by atomic mass is 32.2. The first-order chi connectivity index (χ1) is 8.74. The molecule has 0 saturated carbocycles. The number of nitrogens with zero attached hydrogens (tertiary/aromatic N) is 2. The summed E-state index contributed by atoms with van der Waals surface area (Å²) >= 11 is 2.76. The molecule has 90 valence electrons. The van der Waals surface area contributed by atoms with Crippen LogP contribution in [0.3, 0.4) is 0 Å². The van der Waals surface area contributed by atoms with Crippen molar-refractivity contribution in [3.8, 4) is 6.07 Å². The summed E-state index contributed by atoms with van der Waals surface area (Å²) in [5.74, 6) is -0.633. The van der Waals surface area contributed by atoms with Gasteiger partial charge in [-0.25, -0.2) is 9.78 Å². The number of carbonyl (C=O) groups is 1. The lowest BCUT2D eigenvalue weighted by molar-refractivity contribution is -0.135. The van der Waals surface area contributed by atoms with Crippen molar-refractivity contribution in [1.29, 1.82) is 5.26 Å². The molecule has 1 heterocycles. The first-order valence-corrected chi connectivity index (χ1v) is 6.65. The summed E-state index contributed by atoms with van der Waals surface area (Å²) in [7, 11) is 1.25. The van der Waals surface area contributed by atoms with Gasteiger partial charge in [-0.1, -0.05) is 23.9 Å². The van der Waals surface area contributed by atoms with Crippen LogP contribution in [-0.2, 0) is 9.53 Å². The van der Waals surface area contributed by atoms with Crippen LogP contribution in [0.4, 0.5) is 0 Å². The van der Waals surface area contributed by atoms with Gasteiger partial charge in [-0.3, -0.25) is 0 Å². The average molecular weight is 276 g/mol. The van der Waals surface area contributed by atoms with Crippen molar-refractivity contribution in [2.24, 2.45) is 0 Å². The van der Waals surface area contributed by atoms with E-state index in [0.29, 0.717) is 0 Å². The maximum absolute atomic E-state index is 11.2. The zero-order valence-corrected chi connectivity index (χ0v) is 11.0. The summed E-state index contributed by atoms with van der Waals surface area (Å²) in [5.41, 5.74) is 0.886. The van der Waals surface area contributed by atoms with Crippen LogP contribution in [0.25, 0.3) is 10.2 Å². The molecule has 2 rings (SSSR count). The summed E-state index contributed by atoms with van der Waals surface area (Å²) in [6.45, 7) is 0. The van der Waals surface area contributed by atoms with Crippen molar-refractivity contribution in [2.45, 2.75) is 4.34 Å². The standard InChI is InChI=1S/C12H8N2O2S2/c1-16-11(15)8(6-13)7-17-12-14-9-4-2-3-5-10(9)18-12/h2-5,7H,1H3/b8-7+. The lowest BCUT2D eigenvalue weighted by Crippen LogP contribution is -2.01. The summed E-state index contributed by atoms with van der Waals surface area (Å²) in [5, 5.41) is 10.3. The number of esters is 1. The Balaban J connectivity index is 2.21. The third-order valence-corrected chi connectivity index (χ3v) is 4.09. The molecule has 0 aliphatic heterocycles. The number of thioether (sulfide) groups is 1. The van der Waals surface area contributed by atoms with E-state index in [1.807, 2.05) is 24.3 Å². The number of nitriles is 1. The summed E-state index contributed by atoms with van der Waals surface area (Å²) in [6.07, 6.45) is 0. The SMILES string of the molecule is COC(=O)/C(C#N)=C/Sc1nc2ccccc2s1. The van der Waals surface area contributed by atoms with E-state index < -0.39 is 5.97 Å². The summed E-state index contributed by atoms with van der Waals surface area (Å²) in [6, 6.07) is 9.56. The lowest BCUT2D eigenvalue weighted by atomic mass is 10.3. The van der Waals surface area contributed by atoms with Crippen molar-refractivity contribution in [2.75, 3.05) is 7.11 Å². The molecule has 0 aliphatic carbocycles. The Morgan fingerprint density at radius 3 is 3.00 bits per heavy atom. The van der Waals surface area contributed by atoms with Crippen LogP contribution in [-0.4, -0.2) is 18.1 Å². The number of hydrogen-bond donors (Lipinski definition) is 0. The number of hydrogen-bond acceptors (Lipinski definition) is 6. The van der Waals surface area contributed by atoms with Crippen LogP contribution in [0.1, 0.15) is 0 Å². The molecule has 0 bridgehead atoms. The fraction of sp³-hybridized carbons (Fsp3) is 0.0833. The van der Waals surface area contributed by atoms with Gasteiger partial charge in [-0.05, 0) is 12.1 Å². The van der Waals surface area contributed by atoms with Crippen LogP contribution in [0, 0.1) is 11.3 Å². The second kappa shape index (κ2) is 5.67. The third-order valence-electron chi connectivity index (χ3n) is 2.08. The van der Waals surface area contributed by atoms with E-state index in [9.17, 15) is 4.79 Å². The molecule has 0 spiro atoms. The molecule has 0 atom stereocenters. The Morgan fingerprint density at radius 2 is 2.33 bits per heavy atom. The Hall–Kier alpha value is -1.84. The van der Waals surface area contributed by atoms with Gasteiger partial charge in [0.2, 0.25) is 0 Å². The highest BCUT2D eigenvalue weighted by Gasteiger charge is 2.09. The van der Waals surface area contributed by atoms with E-state index in [1.54, 1.807) is 6.07 Å². The molecule has 2 aromatic rings. The Labute approximate surface area is 112 Å². The molecule has 0 unspecified atom stereocenters. The molecule has 0 radical (unpaired) electrons. The van der Waals surface area contributed by atoms with Crippen molar-refractivity contribution in [3.63, 3.8) is 0 Å². The first-order valence-electron chi connectivity index (χ1n) is 4.95. The topological polar surface area (TPSA) is 63.0 Å². The van der Waals surface area contributed by atoms with Crippen LogP contribution in [0.15, 0.2) is 39.6 Å². The number of rotatable bonds is 3. The van der Waals surface area contributed by atoms with Gasteiger partial charge in [0.1, 0.15) is 11.6 Å². The number of carbonyl (C=O) groups excluding carboxylic acids is 1. The number of methoxy groups -OCH3 is 1. The van der Waals surface area contributed by atoms with E-state index >= 15 is 0 Å². The highest BCUT2D eigenvalue weighted by Crippen LogP contribution is 2.30. The van der Waals surface area contributed by atoms with Crippen molar-refractivity contribution >= 4 is 39.3 Å². The van der Waals surface area contributed by atoms with Gasteiger partial charge < -0.3 is 4.74 Å². The molecule has 0 amide bonds. The van der Waals surface area contributed by atoms with Gasteiger partial charge in [-0.15, -0.1) is 11.3 Å². The first kappa shape index (κ1) is 12.6. The van der Waals surface area contributed by atoms with Gasteiger partial charge in [0, 0.05) is 5.41 Å². The number of para-hydroxylation sites is 1. The molecule has 0 aliphatic rings. The average Bonchev–Trinajstić information content (AvgIpc) is 2.81. The van der Waals surface area contributed by atoms with E-state index in [4.69, 9.17) is 5.26 Å². The summed E-state index contributed by atoms with van der Waals surface area (Å²) in [4.78, 5) is 15.6. The van der Waals surface area contributed by atoms with Crippen LogP contribution >= 0.6 is 23.1 Å². The number of thiazole rings is 1. The molecular formula is C12H8N2O2S2. The minimum Gasteiger partial charge on any atom is -0.465 e. The van der Waals surface area contributed by atoms with Crippen LogP contribution in [0.5, 0.6) is 0 Å². The predicted molar refractivity (Wildman–Crippen MR) is 71.2 cm³/mol. The molecule has 0 saturated heterocycles. The maximum atomic E-state index is 11.2. The zero-order chi connectivity index (χ0) is 13.0. The molecule has 1 aromatic carbocycles. The van der Waals surface area contributed by atoms with Gasteiger partial charge in [0.05, 0.1) is 17.3 Å². The van der Waals surface area contributed by atoms with Crippen molar-refractivity contribution < 1.29 is 9.53 Å². The Kier molecular flexibility index (Phi) is 3.97. The molecule has 4 nitrogen and oxygen atoms in total. The molecule has 0 fully saturated rings. The van der Waals surface area contributed by atoms with Crippen molar-refractivity contribution in [1.82, 2.24) is 4.98 Å². The Morgan fingerprint density at radius 1 is 1.56 bits per heavy atom. The normalized spacial score (nSPS) is 11.2. The fourth-order valence-electron chi connectivity index (χ4n) is 1.24. The second-order valence-corrected chi connectivity index (χ2v) is 5.35. The lowest BCUT2D eigenvalue weighted by Gasteiger charge is -1.94. The van der Waals surface area contributed by atoms with Crippen LogP contribution in [0.2, 0.25) is 0 Å². The van der Waals surface area contributed by atoms with E-state index in [2.05, 4.69) is 9.72 Å². The second-order valence-electron chi connectivity index (χ2n) is 3.20. The van der Waals surface area contributed by atoms with Crippen molar-refractivity contribution in [3.05, 3.63) is 35.2 Å². The fourth-order valence-corrected chi connectivity index (χ4v) is 3.06. The smallest absolute Gasteiger partial charge is 0.349 e. The largest absolute Gasteiger partial charge is 0.465 e. The van der Waals surface area contributed by atoms with Crippen LogP contribution < -0.4 is 0 Å². The highest BCUT2D eigenvalue weighted by molar-refractivity contribution is 8.03. The Bertz CT molecular complexity index is 622. The van der Waals surface area contributed by atoms with Gasteiger partial charge in [-0.2, -0.15) is 5.26 Å². The third kappa shape index (κ3) is 2.70. The molecule has 18 heavy (non-hydrogen) atoms. The molecule has 6 heteroatoms. The molecule has 0 N–H and O–H groups in total. The van der Waals surface area contributed by atoms with E-state index in [-0.39, 0.29) is 5.57 Å². The number of benzene rings is 1. The number of fused-ring (bicyclic) bond motifs is 1. The number of ether oxygens (including phenoxy) is 1. The summed E-state index contributed by atoms with van der Waals surface area (Å²) < 4.78 is 6.35. The van der Waals surface area contributed by atoms with Gasteiger partial charge >= 0.3 is 5.97 Å². The minimum atomic E-state index is -0.633. The number of aromatic nitrogens is 1. The monoisotopic (exact) mass is 276 g/mol. The minimum absolute atomic E-state index is 0.0262. The predicted octanol–water partition coefficient (Wildman–Crippen LogP) is 2.97. The molecular weight excluding hydrogens is 268 g/mol. The zero-order valence-electron chi connectivity index (χ0n) is 9.41. The maximum Gasteiger partial charge on any atom is 0.349 e. The van der Waals surface area contributed by atoms with E-state index in [0.717, 1.165) is 14.6 Å². The van der Waals surface area contributed by atoms with Gasteiger partial charge in [0.25, 0.3) is 0 Å². The van der Waals surface area contributed by atoms with E-state index in [1.165, 1.54) is 35.6 Å². The quantitative estimate of drug-likeness (QED) is 0.373. The molecule has 1 aromatic heterocycles. The van der Waals surface area contributed by atoms with Gasteiger partial charge in [0.15, 0.2) is 4.34 Å².